The Labute approximate surface area is 153 Å². The van der Waals surface area contributed by atoms with Crippen LogP contribution in [0.15, 0.2) is 48.2 Å². The Morgan fingerprint density at radius 1 is 1.11 bits per heavy atom. The number of carbonyl (C=O) groups excluding carboxylic acids is 3. The molecule has 3 amide bonds. The van der Waals surface area contributed by atoms with E-state index >= 15 is 0 Å². The van der Waals surface area contributed by atoms with Gasteiger partial charge in [-0.25, -0.2) is 8.78 Å². The van der Waals surface area contributed by atoms with Crippen LogP contribution in [0.2, 0.25) is 0 Å². The zero-order chi connectivity index (χ0) is 19.7. The van der Waals surface area contributed by atoms with Crippen LogP contribution in [0.3, 0.4) is 0 Å². The molecule has 3 N–H and O–H groups in total. The first kappa shape index (κ1) is 18.2. The molecule has 1 aliphatic rings. The minimum atomic E-state index is -0.763. The number of hydrogen-bond donors (Lipinski definition) is 2. The maximum atomic E-state index is 13.6. The van der Waals surface area contributed by atoms with Gasteiger partial charge in [-0.1, -0.05) is 12.1 Å². The van der Waals surface area contributed by atoms with Crippen LogP contribution in [0.5, 0.6) is 0 Å². The topological polar surface area (TPSA) is 92.5 Å². The molecule has 0 aliphatic carbocycles. The highest BCUT2D eigenvalue weighted by Gasteiger charge is 2.31. The summed E-state index contributed by atoms with van der Waals surface area (Å²) in [7, 11) is 0. The number of primary amides is 1. The first-order valence-corrected chi connectivity index (χ1v) is 7.95. The number of amides is 3. The minimum absolute atomic E-state index is 0.0188. The van der Waals surface area contributed by atoms with Crippen LogP contribution >= 0.6 is 0 Å². The van der Waals surface area contributed by atoms with E-state index in [0.717, 1.165) is 23.1 Å². The third-order valence-electron chi connectivity index (χ3n) is 4.15. The molecule has 3 rings (SSSR count). The second-order valence-corrected chi connectivity index (χ2v) is 6.04. The highest BCUT2D eigenvalue weighted by atomic mass is 19.1. The molecule has 0 bridgehead atoms. The van der Waals surface area contributed by atoms with E-state index in [9.17, 15) is 23.2 Å². The zero-order valence-electron chi connectivity index (χ0n) is 14.3. The fourth-order valence-electron chi connectivity index (χ4n) is 2.58. The van der Waals surface area contributed by atoms with E-state index in [4.69, 9.17) is 5.73 Å². The van der Waals surface area contributed by atoms with Crippen LogP contribution in [0.1, 0.15) is 21.5 Å². The predicted octanol–water partition coefficient (Wildman–Crippen LogP) is 2.24. The molecule has 0 saturated carbocycles. The molecular formula is C19H15F2N3O3. The molecule has 1 aliphatic heterocycles. The van der Waals surface area contributed by atoms with Gasteiger partial charge in [0.1, 0.15) is 17.3 Å². The fraction of sp³-hybridized carbons (Fsp3) is 0.105. The molecule has 0 radical (unpaired) electrons. The van der Waals surface area contributed by atoms with Crippen LogP contribution in [-0.4, -0.2) is 22.6 Å². The van der Waals surface area contributed by atoms with E-state index in [1.165, 1.54) is 19.1 Å². The van der Waals surface area contributed by atoms with Gasteiger partial charge in [0.05, 0.1) is 6.54 Å². The molecule has 1 heterocycles. The summed E-state index contributed by atoms with van der Waals surface area (Å²) in [5.41, 5.74) is 5.89. The first-order valence-electron chi connectivity index (χ1n) is 7.95. The Bertz CT molecular complexity index is 961. The highest BCUT2D eigenvalue weighted by molar-refractivity contribution is 6.17. The second kappa shape index (κ2) is 6.99. The second-order valence-electron chi connectivity index (χ2n) is 6.04. The van der Waals surface area contributed by atoms with E-state index in [-0.39, 0.29) is 23.5 Å². The summed E-state index contributed by atoms with van der Waals surface area (Å²) in [6.45, 7) is 1.28. The van der Waals surface area contributed by atoms with Gasteiger partial charge in [0.25, 0.3) is 11.8 Å². The predicted molar refractivity (Wildman–Crippen MR) is 93.3 cm³/mol. The maximum absolute atomic E-state index is 13.6. The number of imide groups is 1. The minimum Gasteiger partial charge on any atom is -0.366 e. The molecule has 0 unspecified atom stereocenters. The monoisotopic (exact) mass is 371 g/mol. The Balaban J connectivity index is 1.74. The fourth-order valence-corrected chi connectivity index (χ4v) is 2.58. The summed E-state index contributed by atoms with van der Waals surface area (Å²) >= 11 is 0. The van der Waals surface area contributed by atoms with Gasteiger partial charge < -0.3 is 11.1 Å². The molecule has 27 heavy (non-hydrogen) atoms. The van der Waals surface area contributed by atoms with Crippen molar-refractivity contribution >= 4 is 23.4 Å². The summed E-state index contributed by atoms with van der Waals surface area (Å²) < 4.78 is 27.3. The van der Waals surface area contributed by atoms with E-state index in [1.54, 1.807) is 12.1 Å². The zero-order valence-corrected chi connectivity index (χ0v) is 14.3. The Hall–Kier alpha value is -3.55. The Morgan fingerprint density at radius 2 is 1.70 bits per heavy atom. The number of nitrogens with two attached hydrogens (primary N) is 1. The highest BCUT2D eigenvalue weighted by Crippen LogP contribution is 2.22. The van der Waals surface area contributed by atoms with Crippen molar-refractivity contribution < 1.29 is 23.2 Å². The molecule has 0 spiro atoms. The van der Waals surface area contributed by atoms with Crippen LogP contribution in [0.4, 0.5) is 14.5 Å². The van der Waals surface area contributed by atoms with E-state index in [0.29, 0.717) is 11.1 Å². The third kappa shape index (κ3) is 3.69. The van der Waals surface area contributed by atoms with Gasteiger partial charge in [-0.15, -0.1) is 0 Å². The number of halogens is 2. The number of carbonyl (C=O) groups is 3. The Morgan fingerprint density at radius 3 is 2.26 bits per heavy atom. The van der Waals surface area contributed by atoms with Gasteiger partial charge in [-0.2, -0.15) is 0 Å². The lowest BCUT2D eigenvalue weighted by Crippen LogP contribution is -2.31. The molecule has 8 heteroatoms. The van der Waals surface area contributed by atoms with Gasteiger partial charge >= 0.3 is 0 Å². The van der Waals surface area contributed by atoms with Gasteiger partial charge in [0.15, 0.2) is 0 Å². The molecule has 138 valence electrons. The number of rotatable bonds is 5. The molecule has 2 aromatic rings. The van der Waals surface area contributed by atoms with E-state index in [2.05, 4.69) is 5.32 Å². The summed E-state index contributed by atoms with van der Waals surface area (Å²) in [6, 6.07) is 8.23. The Kier molecular flexibility index (Phi) is 4.72. The average molecular weight is 371 g/mol. The normalized spacial score (nSPS) is 13.7. The van der Waals surface area contributed by atoms with Crippen molar-refractivity contribution in [1.29, 1.82) is 0 Å². The lowest BCUT2D eigenvalue weighted by Gasteiger charge is -2.15. The largest absolute Gasteiger partial charge is 0.366 e. The summed E-state index contributed by atoms with van der Waals surface area (Å²) in [5.74, 6) is -3.29. The van der Waals surface area contributed by atoms with Crippen LogP contribution in [-0.2, 0) is 16.1 Å². The number of hydrogen-bond acceptors (Lipinski definition) is 4. The van der Waals surface area contributed by atoms with E-state index in [1.807, 2.05) is 0 Å². The first-order chi connectivity index (χ1) is 12.8. The summed E-state index contributed by atoms with van der Waals surface area (Å²) in [6.07, 6.45) is 1.07. The number of benzene rings is 2. The van der Waals surface area contributed by atoms with Gasteiger partial charge in [0, 0.05) is 22.9 Å². The molecule has 0 atom stereocenters. The van der Waals surface area contributed by atoms with Crippen molar-refractivity contribution in [3.63, 3.8) is 0 Å². The van der Waals surface area contributed by atoms with Crippen molar-refractivity contribution in [2.45, 2.75) is 13.5 Å². The maximum Gasteiger partial charge on any atom is 0.277 e. The standard InChI is InChI=1S/C19H15F2N3O3/c1-10-14(20)6-13(7-15(10)21)23-16-8-17(25)24(19(16)27)9-11-2-4-12(5-3-11)18(22)26/h2-8,23H,9H2,1H3,(H2,22,26). The van der Waals surface area contributed by atoms with E-state index < -0.39 is 29.4 Å². The SMILES string of the molecule is Cc1c(F)cc(NC2=CC(=O)N(Cc3ccc(C(N)=O)cc3)C2=O)cc1F. The number of anilines is 1. The molecule has 0 aromatic heterocycles. The van der Waals surface area contributed by atoms with Crippen molar-refractivity contribution in [2.24, 2.45) is 5.73 Å². The average Bonchev–Trinajstić information content (AvgIpc) is 2.87. The summed E-state index contributed by atoms with van der Waals surface area (Å²) in [5, 5.41) is 2.58. The molecule has 6 nitrogen and oxygen atoms in total. The molecule has 2 aromatic carbocycles. The lowest BCUT2D eigenvalue weighted by molar-refractivity contribution is -0.137. The van der Waals surface area contributed by atoms with Gasteiger partial charge in [0.2, 0.25) is 5.91 Å². The van der Waals surface area contributed by atoms with Crippen LogP contribution in [0.25, 0.3) is 0 Å². The smallest absolute Gasteiger partial charge is 0.277 e. The molecule has 0 fully saturated rings. The van der Waals surface area contributed by atoms with Crippen molar-refractivity contribution in [2.75, 3.05) is 5.32 Å². The van der Waals surface area contributed by atoms with Gasteiger partial charge in [-0.05, 0) is 36.8 Å². The quantitative estimate of drug-likeness (QED) is 0.789. The lowest BCUT2D eigenvalue weighted by atomic mass is 10.1. The van der Waals surface area contributed by atoms with Crippen molar-refractivity contribution in [3.8, 4) is 0 Å². The van der Waals surface area contributed by atoms with Gasteiger partial charge in [-0.3, -0.25) is 19.3 Å². The number of nitrogens with one attached hydrogen (secondary N) is 1. The number of nitrogens with zero attached hydrogens (tertiary/aromatic N) is 1. The molecule has 0 saturated heterocycles. The van der Waals surface area contributed by atoms with Crippen LogP contribution in [0, 0.1) is 18.6 Å². The summed E-state index contributed by atoms with van der Waals surface area (Å²) in [4.78, 5) is 36.6. The third-order valence-corrected chi connectivity index (χ3v) is 4.15. The molecular weight excluding hydrogens is 356 g/mol. The van der Waals surface area contributed by atoms with Crippen LogP contribution < -0.4 is 11.1 Å². The van der Waals surface area contributed by atoms with Crippen molar-refractivity contribution in [3.05, 3.63) is 76.5 Å². The van der Waals surface area contributed by atoms with Crippen molar-refractivity contribution in [1.82, 2.24) is 4.90 Å².